The fraction of sp³-hybridized carbons (Fsp3) is 0.381. The van der Waals surface area contributed by atoms with E-state index < -0.39 is 12.1 Å². The lowest BCUT2D eigenvalue weighted by molar-refractivity contribution is -0.138. The number of allylic oxidation sites excluding steroid dienone is 3. The molecule has 2 amide bonds. The van der Waals surface area contributed by atoms with E-state index in [0.29, 0.717) is 22.7 Å². The van der Waals surface area contributed by atoms with Crippen molar-refractivity contribution in [1.29, 1.82) is 5.26 Å². The standard InChI is InChI=1S/C21H24ClN3O3/c1-3-15(8-14(2)11-23)9-20(27)25-13-18(26)10-19(25)21(28)24-12-16-4-6-17(22)7-5-16/h3-8,18-19,26H,9-10,12-13H2,1-2H3,(H,24,28). The third-order valence-corrected chi connectivity index (χ3v) is 4.84. The number of aliphatic hydroxyl groups is 1. The van der Waals surface area contributed by atoms with Gasteiger partial charge >= 0.3 is 0 Å². The summed E-state index contributed by atoms with van der Waals surface area (Å²) >= 11 is 5.86. The monoisotopic (exact) mass is 401 g/mol. The number of benzene rings is 1. The van der Waals surface area contributed by atoms with Gasteiger partial charge in [-0.2, -0.15) is 5.26 Å². The first-order valence-corrected chi connectivity index (χ1v) is 9.45. The molecule has 2 N–H and O–H groups in total. The van der Waals surface area contributed by atoms with Crippen LogP contribution in [-0.2, 0) is 16.1 Å². The van der Waals surface area contributed by atoms with Crippen molar-refractivity contribution in [2.75, 3.05) is 6.54 Å². The smallest absolute Gasteiger partial charge is 0.243 e. The second-order valence-electron chi connectivity index (χ2n) is 6.78. The molecule has 2 unspecified atom stereocenters. The Hall–Kier alpha value is -2.62. The van der Waals surface area contributed by atoms with E-state index in [1.807, 2.05) is 18.2 Å². The summed E-state index contributed by atoms with van der Waals surface area (Å²) in [5.74, 6) is -0.552. The SMILES string of the molecule is CC=C(C=C(C)C#N)CC(=O)N1CC(O)CC1C(=O)NCc1ccc(Cl)cc1. The van der Waals surface area contributed by atoms with Crippen molar-refractivity contribution >= 4 is 23.4 Å². The number of carbonyl (C=O) groups excluding carboxylic acids is 2. The second kappa shape index (κ2) is 10.1. The van der Waals surface area contributed by atoms with Gasteiger partial charge in [-0.3, -0.25) is 9.59 Å². The van der Waals surface area contributed by atoms with Crippen LogP contribution in [0.4, 0.5) is 0 Å². The topological polar surface area (TPSA) is 93.4 Å². The van der Waals surface area contributed by atoms with Crippen molar-refractivity contribution in [2.24, 2.45) is 0 Å². The van der Waals surface area contributed by atoms with Crippen LogP contribution in [-0.4, -0.2) is 40.5 Å². The Bertz CT molecular complexity index is 824. The highest BCUT2D eigenvalue weighted by molar-refractivity contribution is 6.30. The van der Waals surface area contributed by atoms with Crippen LogP contribution in [0.2, 0.25) is 5.02 Å². The number of rotatable bonds is 6. The predicted molar refractivity (Wildman–Crippen MR) is 107 cm³/mol. The van der Waals surface area contributed by atoms with Gasteiger partial charge in [0, 0.05) is 30.1 Å². The first kappa shape index (κ1) is 21.7. The van der Waals surface area contributed by atoms with Gasteiger partial charge in [-0.15, -0.1) is 0 Å². The summed E-state index contributed by atoms with van der Waals surface area (Å²) in [7, 11) is 0. The lowest BCUT2D eigenvalue weighted by Gasteiger charge is -2.24. The summed E-state index contributed by atoms with van der Waals surface area (Å²) in [5.41, 5.74) is 2.09. The van der Waals surface area contributed by atoms with Gasteiger partial charge in [-0.1, -0.05) is 29.8 Å². The summed E-state index contributed by atoms with van der Waals surface area (Å²) in [6.07, 6.45) is 2.96. The molecular formula is C21H24ClN3O3. The molecule has 0 saturated carbocycles. The number of nitriles is 1. The maximum absolute atomic E-state index is 12.7. The molecule has 1 aromatic rings. The van der Waals surface area contributed by atoms with Gasteiger partial charge in [0.15, 0.2) is 0 Å². The van der Waals surface area contributed by atoms with Crippen LogP contribution in [0.25, 0.3) is 0 Å². The second-order valence-corrected chi connectivity index (χ2v) is 7.21. The Morgan fingerprint density at radius 2 is 2.07 bits per heavy atom. The van der Waals surface area contributed by atoms with Crippen LogP contribution in [0, 0.1) is 11.3 Å². The highest BCUT2D eigenvalue weighted by atomic mass is 35.5. The maximum atomic E-state index is 12.7. The summed E-state index contributed by atoms with van der Waals surface area (Å²) in [6.45, 7) is 3.89. The zero-order valence-corrected chi connectivity index (χ0v) is 16.7. The molecule has 0 bridgehead atoms. The van der Waals surface area contributed by atoms with E-state index in [-0.39, 0.29) is 31.2 Å². The normalized spacial score (nSPS) is 20.0. The van der Waals surface area contributed by atoms with Crippen molar-refractivity contribution in [2.45, 2.75) is 45.4 Å². The fourth-order valence-electron chi connectivity index (χ4n) is 3.07. The molecule has 148 valence electrons. The number of likely N-dealkylation sites (tertiary alicyclic amines) is 1. The first-order valence-electron chi connectivity index (χ1n) is 9.07. The highest BCUT2D eigenvalue weighted by Crippen LogP contribution is 2.21. The van der Waals surface area contributed by atoms with Crippen molar-refractivity contribution in [3.8, 4) is 6.07 Å². The molecular weight excluding hydrogens is 378 g/mol. The Labute approximate surface area is 170 Å². The molecule has 0 aliphatic carbocycles. The number of hydrogen-bond acceptors (Lipinski definition) is 4. The zero-order valence-electron chi connectivity index (χ0n) is 16.0. The van der Waals surface area contributed by atoms with E-state index in [4.69, 9.17) is 16.9 Å². The van der Waals surface area contributed by atoms with Gasteiger partial charge in [-0.25, -0.2) is 0 Å². The Kier molecular flexibility index (Phi) is 7.80. The number of nitrogens with zero attached hydrogens (tertiary/aromatic N) is 2. The summed E-state index contributed by atoms with van der Waals surface area (Å²) in [5, 5.41) is 22.3. The van der Waals surface area contributed by atoms with Crippen molar-refractivity contribution in [1.82, 2.24) is 10.2 Å². The number of carbonyl (C=O) groups is 2. The van der Waals surface area contributed by atoms with Gasteiger partial charge < -0.3 is 15.3 Å². The van der Waals surface area contributed by atoms with Crippen molar-refractivity contribution < 1.29 is 14.7 Å². The third-order valence-electron chi connectivity index (χ3n) is 4.59. The lowest BCUT2D eigenvalue weighted by Crippen LogP contribution is -2.45. The zero-order chi connectivity index (χ0) is 20.7. The van der Waals surface area contributed by atoms with Gasteiger partial charge in [0.1, 0.15) is 6.04 Å². The molecule has 1 aromatic carbocycles. The van der Waals surface area contributed by atoms with Gasteiger partial charge in [0.25, 0.3) is 0 Å². The van der Waals surface area contributed by atoms with E-state index in [0.717, 1.165) is 5.56 Å². The van der Waals surface area contributed by atoms with Crippen molar-refractivity contribution in [3.63, 3.8) is 0 Å². The number of hydrogen-bond donors (Lipinski definition) is 2. The lowest BCUT2D eigenvalue weighted by atomic mass is 10.1. The molecule has 0 radical (unpaired) electrons. The van der Waals surface area contributed by atoms with Crippen molar-refractivity contribution in [3.05, 3.63) is 58.1 Å². The Balaban J connectivity index is 2.02. The van der Waals surface area contributed by atoms with Gasteiger partial charge in [0.2, 0.25) is 11.8 Å². The molecule has 2 atom stereocenters. The van der Waals surface area contributed by atoms with Crippen LogP contribution >= 0.6 is 11.6 Å². The first-order chi connectivity index (χ1) is 13.3. The molecule has 28 heavy (non-hydrogen) atoms. The fourth-order valence-corrected chi connectivity index (χ4v) is 3.20. The number of nitrogens with one attached hydrogen (secondary N) is 1. The molecule has 1 fully saturated rings. The van der Waals surface area contributed by atoms with Crippen LogP contribution < -0.4 is 5.32 Å². The molecule has 1 saturated heterocycles. The molecule has 7 heteroatoms. The molecule has 1 aliphatic heterocycles. The summed E-state index contributed by atoms with van der Waals surface area (Å²) < 4.78 is 0. The summed E-state index contributed by atoms with van der Waals surface area (Å²) in [6, 6.07) is 8.43. The van der Waals surface area contributed by atoms with Crippen LogP contribution in [0.15, 0.2) is 47.6 Å². The minimum atomic E-state index is -0.735. The quantitative estimate of drug-likeness (QED) is 0.566. The molecule has 1 heterocycles. The summed E-state index contributed by atoms with van der Waals surface area (Å²) in [4.78, 5) is 26.8. The molecule has 2 rings (SSSR count). The molecule has 1 aliphatic rings. The number of aliphatic hydroxyl groups excluding tert-OH is 1. The van der Waals surface area contributed by atoms with E-state index in [1.54, 1.807) is 38.1 Å². The van der Waals surface area contributed by atoms with Crippen LogP contribution in [0.5, 0.6) is 0 Å². The molecule has 0 aromatic heterocycles. The number of β-amino-alcohol motifs (C(OH)–C–C–N with tert-alkyl or cyclic N) is 1. The molecule has 6 nitrogen and oxygen atoms in total. The Morgan fingerprint density at radius 1 is 1.39 bits per heavy atom. The van der Waals surface area contributed by atoms with Crippen LogP contribution in [0.3, 0.4) is 0 Å². The molecule has 0 spiro atoms. The van der Waals surface area contributed by atoms with Gasteiger partial charge in [-0.05, 0) is 43.2 Å². The average Bonchev–Trinajstić information content (AvgIpc) is 3.08. The van der Waals surface area contributed by atoms with E-state index in [1.165, 1.54) is 4.90 Å². The number of amides is 2. The maximum Gasteiger partial charge on any atom is 0.243 e. The Morgan fingerprint density at radius 3 is 2.68 bits per heavy atom. The van der Waals surface area contributed by atoms with Gasteiger partial charge in [0.05, 0.1) is 18.6 Å². The predicted octanol–water partition coefficient (Wildman–Crippen LogP) is 2.72. The minimum Gasteiger partial charge on any atom is -0.391 e. The average molecular weight is 402 g/mol. The highest BCUT2D eigenvalue weighted by Gasteiger charge is 2.38. The van der Waals surface area contributed by atoms with E-state index in [2.05, 4.69) is 5.32 Å². The number of halogens is 1. The third kappa shape index (κ3) is 5.95. The van der Waals surface area contributed by atoms with E-state index >= 15 is 0 Å². The van der Waals surface area contributed by atoms with E-state index in [9.17, 15) is 14.7 Å². The minimum absolute atomic E-state index is 0.0726. The van der Waals surface area contributed by atoms with Crippen LogP contribution in [0.1, 0.15) is 32.3 Å². The largest absolute Gasteiger partial charge is 0.391 e.